The average Bonchev–Trinajstić information content (AvgIpc) is 2.73. The number of pyridine rings is 1. The van der Waals surface area contributed by atoms with Crippen LogP contribution in [0.1, 0.15) is 18.0 Å². The largest absolute Gasteiger partial charge is 0.341 e. The molecule has 5 rings (SSSR count). The lowest BCUT2D eigenvalue weighted by Crippen LogP contribution is -2.51. The van der Waals surface area contributed by atoms with Crippen LogP contribution in [0.5, 0.6) is 0 Å². The highest BCUT2D eigenvalue weighted by Gasteiger charge is 2.36. The summed E-state index contributed by atoms with van der Waals surface area (Å²) in [5.74, 6) is 0.757. The molecule has 1 fully saturated rings. The topological polar surface area (TPSA) is 45.6 Å². The summed E-state index contributed by atoms with van der Waals surface area (Å²) in [6.45, 7) is 2.58. The number of amides is 1. The van der Waals surface area contributed by atoms with Crippen LogP contribution in [0.25, 0.3) is 21.9 Å². The van der Waals surface area contributed by atoms with Crippen molar-refractivity contribution >= 4 is 16.7 Å². The molecule has 154 valence electrons. The zero-order valence-corrected chi connectivity index (χ0v) is 17.5. The average molecular weight is 402 g/mol. The van der Waals surface area contributed by atoms with E-state index in [9.17, 15) is 9.59 Å². The monoisotopic (exact) mass is 401 g/mol. The van der Waals surface area contributed by atoms with Gasteiger partial charge >= 0.3 is 0 Å². The first-order valence-corrected chi connectivity index (χ1v) is 10.6. The van der Waals surface area contributed by atoms with Crippen LogP contribution < -0.4 is 5.56 Å². The molecule has 5 heteroatoms. The van der Waals surface area contributed by atoms with Gasteiger partial charge in [-0.25, -0.2) is 0 Å². The van der Waals surface area contributed by atoms with Crippen molar-refractivity contribution < 1.29 is 4.79 Å². The van der Waals surface area contributed by atoms with Crippen molar-refractivity contribution in [3.63, 3.8) is 0 Å². The number of rotatable bonds is 3. The number of aromatic nitrogens is 1. The van der Waals surface area contributed by atoms with Crippen LogP contribution >= 0.6 is 0 Å². The fourth-order valence-corrected chi connectivity index (χ4v) is 5.10. The third-order valence-electron chi connectivity index (χ3n) is 6.47. The van der Waals surface area contributed by atoms with Crippen molar-refractivity contribution in [2.45, 2.75) is 18.9 Å². The Balaban J connectivity index is 1.49. The van der Waals surface area contributed by atoms with E-state index >= 15 is 0 Å². The summed E-state index contributed by atoms with van der Waals surface area (Å²) in [6.07, 6.45) is 1.06. The first kappa shape index (κ1) is 19.1. The smallest absolute Gasteiger partial charge is 0.258 e. The van der Waals surface area contributed by atoms with E-state index in [1.54, 1.807) is 0 Å². The van der Waals surface area contributed by atoms with Gasteiger partial charge in [-0.1, -0.05) is 36.4 Å². The number of carbonyl (C=O) groups excluding carboxylic acids is 1. The first-order chi connectivity index (χ1) is 14.5. The van der Waals surface area contributed by atoms with Gasteiger partial charge < -0.3 is 14.4 Å². The van der Waals surface area contributed by atoms with E-state index in [0.29, 0.717) is 25.6 Å². The van der Waals surface area contributed by atoms with Gasteiger partial charge in [0.2, 0.25) is 5.91 Å². The highest BCUT2D eigenvalue weighted by molar-refractivity contribution is 5.87. The summed E-state index contributed by atoms with van der Waals surface area (Å²) < 4.78 is 1.97. The maximum Gasteiger partial charge on any atom is 0.258 e. The van der Waals surface area contributed by atoms with Crippen molar-refractivity contribution in [3.05, 3.63) is 70.6 Å². The van der Waals surface area contributed by atoms with Gasteiger partial charge in [-0.3, -0.25) is 9.59 Å². The van der Waals surface area contributed by atoms with E-state index in [1.165, 1.54) is 5.39 Å². The molecule has 0 aliphatic carbocycles. The highest BCUT2D eigenvalue weighted by atomic mass is 16.2. The molecule has 2 atom stereocenters. The molecule has 0 N–H and O–H groups in total. The van der Waals surface area contributed by atoms with Crippen molar-refractivity contribution in [1.82, 2.24) is 14.4 Å². The van der Waals surface area contributed by atoms with Crippen molar-refractivity contribution in [3.8, 4) is 11.1 Å². The minimum Gasteiger partial charge on any atom is -0.341 e. The van der Waals surface area contributed by atoms with Crippen LogP contribution in [0.2, 0.25) is 0 Å². The molecule has 3 aromatic rings. The van der Waals surface area contributed by atoms with E-state index in [-0.39, 0.29) is 17.4 Å². The maximum atomic E-state index is 13.4. The van der Waals surface area contributed by atoms with Gasteiger partial charge in [-0.05, 0) is 61.0 Å². The summed E-state index contributed by atoms with van der Waals surface area (Å²) >= 11 is 0. The van der Waals surface area contributed by atoms with Crippen LogP contribution in [0, 0.1) is 5.92 Å². The lowest BCUT2D eigenvalue weighted by molar-refractivity contribution is -0.134. The summed E-state index contributed by atoms with van der Waals surface area (Å²) in [5, 5.41) is 2.32. The number of likely N-dealkylation sites (N-methyl/N-ethyl adjacent to an activating group) is 1. The Morgan fingerprint density at radius 2 is 1.80 bits per heavy atom. The minimum absolute atomic E-state index is 0.0885. The summed E-state index contributed by atoms with van der Waals surface area (Å²) in [5.41, 5.74) is 2.88. The molecule has 1 saturated heterocycles. The lowest BCUT2D eigenvalue weighted by atomic mass is 9.82. The fraction of sp³-hybridized carbons (Fsp3) is 0.360. The van der Waals surface area contributed by atoms with Crippen LogP contribution in [0.3, 0.4) is 0 Å². The number of likely N-dealkylation sites (tertiary alicyclic amines) is 1. The predicted molar refractivity (Wildman–Crippen MR) is 120 cm³/mol. The zero-order valence-electron chi connectivity index (χ0n) is 17.5. The Kier molecular flexibility index (Phi) is 4.70. The summed E-state index contributed by atoms with van der Waals surface area (Å²) in [7, 11) is 3.84. The number of hydrogen-bond donors (Lipinski definition) is 0. The third kappa shape index (κ3) is 3.33. The third-order valence-corrected chi connectivity index (χ3v) is 6.47. The molecule has 1 amide bonds. The van der Waals surface area contributed by atoms with Crippen molar-refractivity contribution in [1.29, 1.82) is 0 Å². The highest BCUT2D eigenvalue weighted by Crippen LogP contribution is 2.36. The molecule has 0 unspecified atom stereocenters. The molecule has 1 aromatic heterocycles. The van der Waals surface area contributed by atoms with E-state index in [4.69, 9.17) is 0 Å². The second kappa shape index (κ2) is 7.40. The normalized spacial score (nSPS) is 20.4. The molecule has 2 aliphatic heterocycles. The van der Waals surface area contributed by atoms with Gasteiger partial charge in [-0.15, -0.1) is 0 Å². The van der Waals surface area contributed by atoms with E-state index in [0.717, 1.165) is 35.2 Å². The van der Waals surface area contributed by atoms with Crippen LogP contribution in [0.15, 0.2) is 59.4 Å². The number of piperidine rings is 1. The van der Waals surface area contributed by atoms with Gasteiger partial charge in [0, 0.05) is 36.8 Å². The Hall–Kier alpha value is -2.92. The Bertz CT molecular complexity index is 1180. The number of benzene rings is 2. The van der Waals surface area contributed by atoms with Crippen LogP contribution in [-0.2, 0) is 11.3 Å². The number of fused-ring (bicyclic) bond motifs is 5. The molecule has 2 aromatic carbocycles. The van der Waals surface area contributed by atoms with E-state index < -0.39 is 0 Å². The van der Waals surface area contributed by atoms with Crippen molar-refractivity contribution in [2.75, 3.05) is 33.7 Å². The van der Waals surface area contributed by atoms with Gasteiger partial charge in [0.1, 0.15) is 0 Å². The maximum absolute atomic E-state index is 13.4. The molecular weight excluding hydrogens is 374 g/mol. The minimum atomic E-state index is 0.0885. The van der Waals surface area contributed by atoms with E-state index in [2.05, 4.69) is 30.3 Å². The Morgan fingerprint density at radius 3 is 2.60 bits per heavy atom. The molecule has 0 radical (unpaired) electrons. The number of hydrogen-bond acceptors (Lipinski definition) is 3. The molecule has 30 heavy (non-hydrogen) atoms. The first-order valence-electron chi connectivity index (χ1n) is 10.6. The molecule has 3 heterocycles. The molecule has 0 saturated carbocycles. The van der Waals surface area contributed by atoms with Crippen LogP contribution in [-0.4, -0.2) is 54.0 Å². The lowest BCUT2D eigenvalue weighted by Gasteiger charge is -2.43. The van der Waals surface area contributed by atoms with Gasteiger partial charge in [-0.2, -0.15) is 0 Å². The molecule has 2 bridgehead atoms. The van der Waals surface area contributed by atoms with Gasteiger partial charge in [0.05, 0.1) is 6.54 Å². The Morgan fingerprint density at radius 1 is 1.00 bits per heavy atom. The SMILES string of the molecule is CN(C)CC(=O)N1C[C@@H]2C[C@H](C1)c1ccc(-c3ccc4ccccc4c3)c(=O)n1C2. The predicted octanol–water partition coefficient (Wildman–Crippen LogP) is 3.18. The zero-order chi connectivity index (χ0) is 20.8. The second-order valence-electron chi connectivity index (χ2n) is 8.98. The molecular formula is C25H27N3O2. The van der Waals surface area contributed by atoms with E-state index in [1.807, 2.05) is 52.7 Å². The summed E-state index contributed by atoms with van der Waals surface area (Å²) in [4.78, 5) is 29.9. The number of nitrogens with zero attached hydrogens (tertiary/aromatic N) is 3. The second-order valence-corrected chi connectivity index (χ2v) is 8.98. The van der Waals surface area contributed by atoms with Crippen molar-refractivity contribution in [2.24, 2.45) is 5.92 Å². The van der Waals surface area contributed by atoms with Crippen LogP contribution in [0.4, 0.5) is 0 Å². The van der Waals surface area contributed by atoms with Gasteiger partial charge in [0.25, 0.3) is 5.56 Å². The Labute approximate surface area is 176 Å². The van der Waals surface area contributed by atoms with Gasteiger partial charge in [0.15, 0.2) is 0 Å². The fourth-order valence-electron chi connectivity index (χ4n) is 5.10. The number of carbonyl (C=O) groups is 1. The molecule has 2 aliphatic rings. The quantitative estimate of drug-likeness (QED) is 0.677. The summed E-state index contributed by atoms with van der Waals surface area (Å²) in [6, 6.07) is 18.5. The standard InChI is InChI=1S/C25H27N3O2/c1-26(2)16-24(29)27-13-17-11-21(15-27)23-10-9-22(25(30)28(23)14-17)20-8-7-18-5-3-4-6-19(18)12-20/h3-10,12,17,21H,11,13-16H2,1-2H3/t17-,21+/m0/s1. The molecule has 5 nitrogen and oxygen atoms in total. The molecule has 0 spiro atoms.